The first kappa shape index (κ1) is 14.1. The third kappa shape index (κ3) is 2.50. The van der Waals surface area contributed by atoms with Crippen molar-refractivity contribution < 1.29 is 0 Å². The number of hydrogen-bond donors (Lipinski definition) is 1. The minimum absolute atomic E-state index is 0.00111. The molecule has 1 unspecified atom stereocenters. The fourth-order valence-corrected chi connectivity index (χ4v) is 2.69. The maximum absolute atomic E-state index is 6.52. The molecular weight excluding hydrogens is 210 g/mol. The molecule has 0 aromatic carbocycles. The third-order valence-electron chi connectivity index (χ3n) is 4.11. The number of pyridine rings is 1. The second-order valence-corrected chi connectivity index (χ2v) is 4.92. The number of nitrogens with zero attached hydrogens (tertiary/aromatic N) is 2. The quantitative estimate of drug-likeness (QED) is 0.852. The second-order valence-electron chi connectivity index (χ2n) is 4.92. The molecule has 0 saturated carbocycles. The van der Waals surface area contributed by atoms with E-state index in [1.807, 2.05) is 18.5 Å². The number of aryl methyl sites for hydroxylation is 1. The van der Waals surface area contributed by atoms with Gasteiger partial charge in [0.05, 0.1) is 0 Å². The van der Waals surface area contributed by atoms with Gasteiger partial charge in [-0.15, -0.1) is 0 Å². The minimum atomic E-state index is 0.00111. The summed E-state index contributed by atoms with van der Waals surface area (Å²) in [5.74, 6) is 0. The molecule has 0 aliphatic rings. The fraction of sp³-hybridized carbons (Fsp3) is 0.643. The van der Waals surface area contributed by atoms with Crippen molar-refractivity contribution in [3.05, 3.63) is 29.6 Å². The van der Waals surface area contributed by atoms with Crippen LogP contribution in [-0.2, 0) is 0 Å². The molecule has 0 aliphatic heterocycles. The predicted octanol–water partition coefficient (Wildman–Crippen LogP) is 2.51. The minimum Gasteiger partial charge on any atom is -0.322 e. The summed E-state index contributed by atoms with van der Waals surface area (Å²) < 4.78 is 0. The van der Waals surface area contributed by atoms with Gasteiger partial charge in [-0.1, -0.05) is 13.8 Å². The number of aromatic nitrogens is 1. The van der Waals surface area contributed by atoms with Crippen LogP contribution >= 0.6 is 0 Å². The smallest absolute Gasteiger partial charge is 0.0499 e. The van der Waals surface area contributed by atoms with Crippen LogP contribution in [0.1, 0.15) is 43.9 Å². The van der Waals surface area contributed by atoms with Gasteiger partial charge < -0.3 is 10.6 Å². The zero-order chi connectivity index (χ0) is 13.1. The Hall–Kier alpha value is -0.930. The van der Waals surface area contributed by atoms with Crippen molar-refractivity contribution in [2.75, 3.05) is 14.1 Å². The number of likely N-dealkylation sites (N-methyl/N-ethyl adjacent to an activating group) is 1. The van der Waals surface area contributed by atoms with E-state index in [1.165, 1.54) is 5.56 Å². The topological polar surface area (TPSA) is 42.1 Å². The van der Waals surface area contributed by atoms with Crippen LogP contribution < -0.4 is 5.73 Å². The lowest BCUT2D eigenvalue weighted by Gasteiger charge is -2.44. The molecule has 96 valence electrons. The molecule has 17 heavy (non-hydrogen) atoms. The first-order chi connectivity index (χ1) is 7.99. The molecule has 0 aliphatic carbocycles. The summed E-state index contributed by atoms with van der Waals surface area (Å²) in [6.07, 6.45) is 5.79. The lowest BCUT2D eigenvalue weighted by molar-refractivity contribution is 0.105. The summed E-state index contributed by atoms with van der Waals surface area (Å²) in [6.45, 7) is 6.51. The maximum Gasteiger partial charge on any atom is 0.0499 e. The fourth-order valence-electron chi connectivity index (χ4n) is 2.69. The van der Waals surface area contributed by atoms with Crippen molar-refractivity contribution in [2.24, 2.45) is 5.73 Å². The van der Waals surface area contributed by atoms with Crippen LogP contribution in [-0.4, -0.2) is 29.5 Å². The summed E-state index contributed by atoms with van der Waals surface area (Å²) in [5, 5.41) is 0. The SMILES string of the molecule is CCC(CC)(C(N)c1cnccc1C)N(C)C. The zero-order valence-corrected chi connectivity index (χ0v) is 11.7. The summed E-state index contributed by atoms with van der Waals surface area (Å²) in [6, 6.07) is 2.03. The molecule has 1 aromatic heterocycles. The van der Waals surface area contributed by atoms with Gasteiger partial charge in [0.15, 0.2) is 0 Å². The summed E-state index contributed by atoms with van der Waals surface area (Å²) in [4.78, 5) is 6.46. The Morgan fingerprint density at radius 1 is 1.35 bits per heavy atom. The highest BCUT2D eigenvalue weighted by atomic mass is 15.2. The highest BCUT2D eigenvalue weighted by Gasteiger charge is 2.37. The van der Waals surface area contributed by atoms with Gasteiger partial charge in [0.25, 0.3) is 0 Å². The second kappa shape index (κ2) is 5.61. The van der Waals surface area contributed by atoms with E-state index < -0.39 is 0 Å². The monoisotopic (exact) mass is 235 g/mol. The first-order valence-electron chi connectivity index (χ1n) is 6.33. The van der Waals surface area contributed by atoms with E-state index in [1.54, 1.807) is 0 Å². The largest absolute Gasteiger partial charge is 0.322 e. The van der Waals surface area contributed by atoms with E-state index in [9.17, 15) is 0 Å². The normalized spacial score (nSPS) is 14.1. The molecule has 0 radical (unpaired) electrons. The molecule has 1 heterocycles. The molecule has 2 N–H and O–H groups in total. The molecule has 1 atom stereocenters. The molecule has 1 rings (SSSR count). The van der Waals surface area contributed by atoms with Crippen molar-refractivity contribution in [2.45, 2.75) is 45.2 Å². The van der Waals surface area contributed by atoms with Gasteiger partial charge in [-0.3, -0.25) is 4.98 Å². The molecule has 3 nitrogen and oxygen atoms in total. The molecule has 0 bridgehead atoms. The average Bonchev–Trinajstić information content (AvgIpc) is 2.31. The average molecular weight is 235 g/mol. The van der Waals surface area contributed by atoms with Gasteiger partial charge >= 0.3 is 0 Å². The Kier molecular flexibility index (Phi) is 4.66. The van der Waals surface area contributed by atoms with Crippen LogP contribution in [0.5, 0.6) is 0 Å². The number of nitrogens with two attached hydrogens (primary N) is 1. The van der Waals surface area contributed by atoms with E-state index in [-0.39, 0.29) is 11.6 Å². The standard InChI is InChI=1S/C14H25N3/c1-6-14(7-2,17(4)5)13(15)12-10-16-9-8-11(12)3/h8-10,13H,6-7,15H2,1-5H3. The molecule has 0 fully saturated rings. The Morgan fingerprint density at radius 2 is 1.94 bits per heavy atom. The Labute approximate surface area is 105 Å². The van der Waals surface area contributed by atoms with E-state index in [2.05, 4.69) is 44.8 Å². The zero-order valence-electron chi connectivity index (χ0n) is 11.7. The van der Waals surface area contributed by atoms with E-state index in [0.29, 0.717) is 0 Å². The van der Waals surface area contributed by atoms with E-state index in [4.69, 9.17) is 5.73 Å². The van der Waals surface area contributed by atoms with Crippen LogP contribution in [0.25, 0.3) is 0 Å². The Balaban J connectivity index is 3.17. The Bertz CT molecular complexity index is 356. The van der Waals surface area contributed by atoms with Crippen LogP contribution in [0, 0.1) is 6.92 Å². The van der Waals surface area contributed by atoms with Crippen LogP contribution in [0.3, 0.4) is 0 Å². The highest BCUT2D eigenvalue weighted by Crippen LogP contribution is 2.34. The molecule has 0 spiro atoms. The lowest BCUT2D eigenvalue weighted by atomic mass is 9.79. The van der Waals surface area contributed by atoms with Gasteiger partial charge in [0.2, 0.25) is 0 Å². The first-order valence-corrected chi connectivity index (χ1v) is 6.33. The van der Waals surface area contributed by atoms with E-state index in [0.717, 1.165) is 18.4 Å². The molecular formula is C14H25N3. The Morgan fingerprint density at radius 3 is 2.35 bits per heavy atom. The van der Waals surface area contributed by atoms with Crippen molar-refractivity contribution >= 4 is 0 Å². The summed E-state index contributed by atoms with van der Waals surface area (Å²) >= 11 is 0. The summed E-state index contributed by atoms with van der Waals surface area (Å²) in [5.41, 5.74) is 8.90. The van der Waals surface area contributed by atoms with Crippen molar-refractivity contribution in [3.63, 3.8) is 0 Å². The maximum atomic E-state index is 6.52. The number of rotatable bonds is 5. The van der Waals surface area contributed by atoms with Crippen molar-refractivity contribution in [3.8, 4) is 0 Å². The van der Waals surface area contributed by atoms with Gasteiger partial charge in [0.1, 0.15) is 0 Å². The van der Waals surface area contributed by atoms with Crippen LogP contribution in [0.15, 0.2) is 18.5 Å². The molecule has 0 saturated heterocycles. The lowest BCUT2D eigenvalue weighted by Crippen LogP contribution is -2.51. The van der Waals surface area contributed by atoms with Gasteiger partial charge in [-0.2, -0.15) is 0 Å². The number of hydrogen-bond acceptors (Lipinski definition) is 3. The van der Waals surface area contributed by atoms with Gasteiger partial charge in [-0.05, 0) is 51.1 Å². The van der Waals surface area contributed by atoms with Crippen molar-refractivity contribution in [1.29, 1.82) is 0 Å². The molecule has 0 amide bonds. The van der Waals surface area contributed by atoms with Crippen molar-refractivity contribution in [1.82, 2.24) is 9.88 Å². The summed E-state index contributed by atoms with van der Waals surface area (Å²) in [7, 11) is 4.22. The van der Waals surface area contributed by atoms with Gasteiger partial charge in [0, 0.05) is 24.0 Å². The van der Waals surface area contributed by atoms with Crippen LogP contribution in [0.2, 0.25) is 0 Å². The predicted molar refractivity (Wildman–Crippen MR) is 72.9 cm³/mol. The molecule has 1 aromatic rings. The highest BCUT2D eigenvalue weighted by molar-refractivity contribution is 5.28. The molecule has 3 heteroatoms. The van der Waals surface area contributed by atoms with E-state index >= 15 is 0 Å². The van der Waals surface area contributed by atoms with Crippen LogP contribution in [0.4, 0.5) is 0 Å². The third-order valence-corrected chi connectivity index (χ3v) is 4.11. The van der Waals surface area contributed by atoms with Gasteiger partial charge in [-0.25, -0.2) is 0 Å².